The number of benzene rings is 1. The second kappa shape index (κ2) is 7.52. The van der Waals surface area contributed by atoms with Gasteiger partial charge in [0.05, 0.1) is 18.8 Å². The summed E-state index contributed by atoms with van der Waals surface area (Å²) in [5, 5.41) is 20.2. The van der Waals surface area contributed by atoms with E-state index in [-0.39, 0.29) is 6.61 Å². The van der Waals surface area contributed by atoms with Crippen LogP contribution < -0.4 is 5.32 Å². The van der Waals surface area contributed by atoms with E-state index in [1.807, 2.05) is 6.20 Å². The minimum absolute atomic E-state index is 0.0796. The van der Waals surface area contributed by atoms with E-state index in [1.54, 1.807) is 4.68 Å². The van der Waals surface area contributed by atoms with Crippen LogP contribution in [-0.4, -0.2) is 32.7 Å². The third-order valence-electron chi connectivity index (χ3n) is 3.00. The second-order valence-corrected chi connectivity index (χ2v) is 5.72. The molecule has 1 heterocycles. The monoisotopic (exact) mass is 338 g/mol. The molecule has 0 fully saturated rings. The van der Waals surface area contributed by atoms with Crippen molar-refractivity contribution in [2.45, 2.75) is 32.5 Å². The van der Waals surface area contributed by atoms with Crippen LogP contribution >= 0.6 is 15.9 Å². The highest BCUT2D eigenvalue weighted by Crippen LogP contribution is 2.12. The molecule has 1 aromatic carbocycles. The van der Waals surface area contributed by atoms with Gasteiger partial charge in [-0.15, -0.1) is 5.10 Å². The van der Waals surface area contributed by atoms with Crippen LogP contribution in [-0.2, 0) is 19.5 Å². The summed E-state index contributed by atoms with van der Waals surface area (Å²) in [6.45, 7) is 3.40. The van der Waals surface area contributed by atoms with Gasteiger partial charge in [0.2, 0.25) is 0 Å². The van der Waals surface area contributed by atoms with Crippen LogP contribution in [0.2, 0.25) is 0 Å². The average molecular weight is 339 g/mol. The lowest BCUT2D eigenvalue weighted by Crippen LogP contribution is -2.27. The normalized spacial score (nSPS) is 12.6. The van der Waals surface area contributed by atoms with Gasteiger partial charge in [-0.25, -0.2) is 4.68 Å². The quantitative estimate of drug-likeness (QED) is 0.807. The lowest BCUT2D eigenvalue weighted by molar-refractivity contribution is 0.268. The zero-order valence-electron chi connectivity index (χ0n) is 11.5. The van der Waals surface area contributed by atoms with Gasteiger partial charge in [0.15, 0.2) is 0 Å². The topological polar surface area (TPSA) is 63.0 Å². The fourth-order valence-corrected chi connectivity index (χ4v) is 2.22. The van der Waals surface area contributed by atoms with Crippen LogP contribution in [0.5, 0.6) is 0 Å². The molecule has 0 saturated heterocycles. The van der Waals surface area contributed by atoms with Crippen molar-refractivity contribution in [1.82, 2.24) is 20.3 Å². The summed E-state index contributed by atoms with van der Waals surface area (Å²) in [5.41, 5.74) is 2.19. The molecular formula is C14H19BrN4O. The molecule has 0 aliphatic rings. The zero-order valence-corrected chi connectivity index (χ0v) is 13.0. The Kier molecular flexibility index (Phi) is 5.70. The molecule has 2 N–H and O–H groups in total. The minimum Gasteiger partial charge on any atom is -0.394 e. The van der Waals surface area contributed by atoms with Crippen molar-refractivity contribution in [3.05, 3.63) is 46.2 Å². The molecule has 0 aliphatic carbocycles. The van der Waals surface area contributed by atoms with E-state index < -0.39 is 0 Å². The third kappa shape index (κ3) is 4.70. The van der Waals surface area contributed by atoms with E-state index >= 15 is 0 Å². The Hall–Kier alpha value is -1.24. The number of nitrogens with one attached hydrogen (secondary N) is 1. The maximum atomic E-state index is 8.82. The van der Waals surface area contributed by atoms with Crippen molar-refractivity contribution in [3.8, 4) is 0 Å². The molecular weight excluding hydrogens is 320 g/mol. The highest BCUT2D eigenvalue weighted by molar-refractivity contribution is 9.10. The number of aliphatic hydroxyl groups excluding tert-OH is 1. The molecule has 0 bridgehead atoms. The summed E-state index contributed by atoms with van der Waals surface area (Å²) in [6, 6.07) is 8.73. The third-order valence-corrected chi connectivity index (χ3v) is 3.53. The molecule has 2 rings (SSSR count). The number of aromatic nitrogens is 3. The molecule has 1 aromatic heterocycles. The van der Waals surface area contributed by atoms with Gasteiger partial charge in [0, 0.05) is 23.3 Å². The summed E-state index contributed by atoms with van der Waals surface area (Å²) >= 11 is 3.44. The molecule has 1 atom stereocenters. The van der Waals surface area contributed by atoms with Gasteiger partial charge in [-0.3, -0.25) is 0 Å². The molecule has 2 aromatic rings. The first-order valence-electron chi connectivity index (χ1n) is 6.65. The van der Waals surface area contributed by atoms with Gasteiger partial charge in [-0.05, 0) is 31.0 Å². The summed E-state index contributed by atoms with van der Waals surface area (Å²) in [6.07, 6.45) is 2.83. The predicted molar refractivity (Wildman–Crippen MR) is 81.3 cm³/mol. The van der Waals surface area contributed by atoms with Crippen molar-refractivity contribution in [3.63, 3.8) is 0 Å². The molecule has 0 spiro atoms. The van der Waals surface area contributed by atoms with E-state index in [0.717, 1.165) is 16.6 Å². The van der Waals surface area contributed by atoms with Gasteiger partial charge >= 0.3 is 0 Å². The summed E-state index contributed by atoms with van der Waals surface area (Å²) in [7, 11) is 0. The van der Waals surface area contributed by atoms with Crippen molar-refractivity contribution in [1.29, 1.82) is 0 Å². The van der Waals surface area contributed by atoms with Crippen molar-refractivity contribution >= 4 is 15.9 Å². The molecule has 6 heteroatoms. The van der Waals surface area contributed by atoms with E-state index in [2.05, 4.69) is 62.7 Å². The predicted octanol–water partition coefficient (Wildman–Crippen LogP) is 1.75. The highest BCUT2D eigenvalue weighted by Gasteiger charge is 2.05. The average Bonchev–Trinajstić information content (AvgIpc) is 2.87. The smallest absolute Gasteiger partial charge is 0.0964 e. The SMILES string of the molecule is CC(Cc1ccc(Br)cc1)NCc1cn(CCO)nn1. The Morgan fingerprint density at radius 2 is 2.10 bits per heavy atom. The van der Waals surface area contributed by atoms with Gasteiger partial charge in [-0.2, -0.15) is 0 Å². The van der Waals surface area contributed by atoms with Crippen LogP contribution in [0, 0.1) is 0 Å². The van der Waals surface area contributed by atoms with Crippen molar-refractivity contribution < 1.29 is 5.11 Å². The Morgan fingerprint density at radius 1 is 1.35 bits per heavy atom. The number of rotatable bonds is 7. The molecule has 0 radical (unpaired) electrons. The number of aliphatic hydroxyl groups is 1. The largest absolute Gasteiger partial charge is 0.394 e. The fourth-order valence-electron chi connectivity index (χ4n) is 1.96. The molecule has 108 valence electrons. The summed E-state index contributed by atoms with van der Waals surface area (Å²) in [5.74, 6) is 0. The van der Waals surface area contributed by atoms with E-state index in [4.69, 9.17) is 5.11 Å². The number of halogens is 1. The fraction of sp³-hybridized carbons (Fsp3) is 0.429. The summed E-state index contributed by atoms with van der Waals surface area (Å²) in [4.78, 5) is 0. The maximum Gasteiger partial charge on any atom is 0.0964 e. The van der Waals surface area contributed by atoms with Gasteiger partial charge < -0.3 is 10.4 Å². The first kappa shape index (κ1) is 15.2. The molecule has 0 amide bonds. The van der Waals surface area contributed by atoms with Crippen molar-refractivity contribution in [2.75, 3.05) is 6.61 Å². The molecule has 0 aliphatic heterocycles. The van der Waals surface area contributed by atoms with E-state index in [1.165, 1.54) is 5.56 Å². The van der Waals surface area contributed by atoms with Gasteiger partial charge in [-0.1, -0.05) is 33.3 Å². The Bertz CT molecular complexity index is 526. The lowest BCUT2D eigenvalue weighted by Gasteiger charge is -2.12. The Balaban J connectivity index is 1.79. The molecule has 0 saturated carbocycles. The van der Waals surface area contributed by atoms with E-state index in [0.29, 0.717) is 19.1 Å². The zero-order chi connectivity index (χ0) is 14.4. The highest BCUT2D eigenvalue weighted by atomic mass is 79.9. The molecule has 20 heavy (non-hydrogen) atoms. The molecule has 1 unspecified atom stereocenters. The van der Waals surface area contributed by atoms with Gasteiger partial charge in [0.1, 0.15) is 0 Å². The van der Waals surface area contributed by atoms with E-state index in [9.17, 15) is 0 Å². The van der Waals surface area contributed by atoms with Gasteiger partial charge in [0.25, 0.3) is 0 Å². The number of hydrogen-bond donors (Lipinski definition) is 2. The number of hydrogen-bond acceptors (Lipinski definition) is 4. The standard InChI is InChI=1S/C14H19BrN4O/c1-11(8-12-2-4-13(15)5-3-12)16-9-14-10-19(6-7-20)18-17-14/h2-5,10-11,16,20H,6-9H2,1H3. The summed E-state index contributed by atoms with van der Waals surface area (Å²) < 4.78 is 2.75. The Labute approximate surface area is 127 Å². The van der Waals surface area contributed by atoms with Crippen LogP contribution in [0.3, 0.4) is 0 Å². The molecule has 5 nitrogen and oxygen atoms in total. The van der Waals surface area contributed by atoms with Crippen LogP contribution in [0.15, 0.2) is 34.9 Å². The minimum atomic E-state index is 0.0796. The maximum absolute atomic E-state index is 8.82. The second-order valence-electron chi connectivity index (χ2n) is 4.81. The van der Waals surface area contributed by atoms with Crippen LogP contribution in [0.1, 0.15) is 18.2 Å². The van der Waals surface area contributed by atoms with Crippen molar-refractivity contribution in [2.24, 2.45) is 0 Å². The Morgan fingerprint density at radius 3 is 2.80 bits per heavy atom. The van der Waals surface area contributed by atoms with Crippen LogP contribution in [0.25, 0.3) is 0 Å². The first-order chi connectivity index (χ1) is 9.67. The first-order valence-corrected chi connectivity index (χ1v) is 7.44. The van der Waals surface area contributed by atoms with Crippen LogP contribution in [0.4, 0.5) is 0 Å². The number of nitrogens with zero attached hydrogens (tertiary/aromatic N) is 3. The lowest BCUT2D eigenvalue weighted by atomic mass is 10.1.